The van der Waals surface area contributed by atoms with Gasteiger partial charge in [0, 0.05) is 25.6 Å². The van der Waals surface area contributed by atoms with Crippen LogP contribution in [0.25, 0.3) is 0 Å². The van der Waals surface area contributed by atoms with Gasteiger partial charge in [0.05, 0.1) is 0 Å². The van der Waals surface area contributed by atoms with E-state index in [4.69, 9.17) is 0 Å². The average Bonchev–Trinajstić information content (AvgIpc) is 2.28. The number of likely N-dealkylation sites (tertiary alicyclic amines) is 1. The van der Waals surface area contributed by atoms with Crippen molar-refractivity contribution >= 4 is 5.91 Å². The lowest BCUT2D eigenvalue weighted by atomic mass is 9.77. The minimum absolute atomic E-state index is 0.0771. The van der Waals surface area contributed by atoms with Gasteiger partial charge in [0.15, 0.2) is 0 Å². The lowest BCUT2D eigenvalue weighted by Gasteiger charge is -2.40. The molecule has 1 aliphatic rings. The summed E-state index contributed by atoms with van der Waals surface area (Å²) < 4.78 is 0. The Labute approximate surface area is 92.5 Å². The van der Waals surface area contributed by atoms with Crippen molar-refractivity contribution in [1.29, 1.82) is 0 Å². The number of aliphatic hydroxyl groups excluding tert-OH is 1. The van der Waals surface area contributed by atoms with E-state index in [1.54, 1.807) is 0 Å². The van der Waals surface area contributed by atoms with Crippen molar-refractivity contribution in [3.8, 4) is 0 Å². The molecule has 1 heterocycles. The highest BCUT2D eigenvalue weighted by Crippen LogP contribution is 2.34. The number of aliphatic hydroxyl groups is 1. The third-order valence-electron chi connectivity index (χ3n) is 3.72. The maximum absolute atomic E-state index is 11.7. The Morgan fingerprint density at radius 1 is 1.40 bits per heavy atom. The van der Waals surface area contributed by atoms with Crippen molar-refractivity contribution in [2.75, 3.05) is 19.7 Å². The predicted octanol–water partition coefficient (Wildman–Crippen LogP) is 1.65. The summed E-state index contributed by atoms with van der Waals surface area (Å²) in [5.74, 6) is 0.339. The first kappa shape index (κ1) is 12.5. The van der Waals surface area contributed by atoms with Crippen LogP contribution in [-0.2, 0) is 4.79 Å². The van der Waals surface area contributed by atoms with Crippen LogP contribution in [0.5, 0.6) is 0 Å². The largest absolute Gasteiger partial charge is 0.396 e. The fraction of sp³-hybridized carbons (Fsp3) is 0.917. The van der Waals surface area contributed by atoms with E-state index in [1.807, 2.05) is 18.7 Å². The van der Waals surface area contributed by atoms with Crippen LogP contribution in [0.4, 0.5) is 0 Å². The molecule has 0 aliphatic carbocycles. The quantitative estimate of drug-likeness (QED) is 0.774. The Morgan fingerprint density at radius 3 is 2.27 bits per heavy atom. The number of amides is 1. The zero-order chi connectivity index (χ0) is 11.5. The van der Waals surface area contributed by atoms with Crippen LogP contribution in [0.15, 0.2) is 0 Å². The van der Waals surface area contributed by atoms with Crippen molar-refractivity contribution in [2.24, 2.45) is 11.3 Å². The Bertz CT molecular complexity index is 212. The van der Waals surface area contributed by atoms with E-state index in [0.29, 0.717) is 0 Å². The summed E-state index contributed by atoms with van der Waals surface area (Å²) >= 11 is 0. The van der Waals surface area contributed by atoms with Crippen LogP contribution in [0.1, 0.15) is 40.0 Å². The molecule has 3 heteroatoms. The zero-order valence-corrected chi connectivity index (χ0v) is 10.1. The van der Waals surface area contributed by atoms with Gasteiger partial charge in [-0.25, -0.2) is 0 Å². The number of rotatable bonds is 3. The molecule has 0 radical (unpaired) electrons. The van der Waals surface area contributed by atoms with E-state index in [2.05, 4.69) is 6.92 Å². The first-order valence-electron chi connectivity index (χ1n) is 5.94. The number of carbonyl (C=O) groups is 1. The van der Waals surface area contributed by atoms with E-state index < -0.39 is 0 Å². The summed E-state index contributed by atoms with van der Waals surface area (Å²) in [5.41, 5.74) is 0.0771. The molecule has 1 aliphatic heterocycles. The minimum atomic E-state index is 0.0771. The van der Waals surface area contributed by atoms with Gasteiger partial charge in [0.25, 0.3) is 0 Å². The van der Waals surface area contributed by atoms with Gasteiger partial charge in [-0.15, -0.1) is 0 Å². The summed E-state index contributed by atoms with van der Waals surface area (Å²) in [7, 11) is 0. The molecule has 0 aromatic carbocycles. The topological polar surface area (TPSA) is 40.5 Å². The number of carbonyl (C=O) groups excluding carboxylic acids is 1. The molecule has 0 aromatic heterocycles. The van der Waals surface area contributed by atoms with Crippen LogP contribution in [-0.4, -0.2) is 35.6 Å². The lowest BCUT2D eigenvalue weighted by molar-refractivity contribution is -0.137. The van der Waals surface area contributed by atoms with Crippen LogP contribution >= 0.6 is 0 Å². The van der Waals surface area contributed by atoms with Crippen LogP contribution in [0.2, 0.25) is 0 Å². The van der Waals surface area contributed by atoms with Crippen molar-refractivity contribution in [3.05, 3.63) is 0 Å². The molecule has 0 saturated carbocycles. The lowest BCUT2D eigenvalue weighted by Crippen LogP contribution is -2.45. The van der Waals surface area contributed by atoms with Crippen LogP contribution in [0.3, 0.4) is 0 Å². The fourth-order valence-electron chi connectivity index (χ4n) is 2.19. The van der Waals surface area contributed by atoms with Crippen molar-refractivity contribution in [1.82, 2.24) is 4.90 Å². The van der Waals surface area contributed by atoms with E-state index in [1.165, 1.54) is 0 Å². The van der Waals surface area contributed by atoms with Crippen molar-refractivity contribution in [3.63, 3.8) is 0 Å². The maximum Gasteiger partial charge on any atom is 0.225 e. The molecule has 0 unspecified atom stereocenters. The third-order valence-corrected chi connectivity index (χ3v) is 3.72. The van der Waals surface area contributed by atoms with Gasteiger partial charge in [0.1, 0.15) is 0 Å². The standard InChI is InChI=1S/C12H23NO2/c1-4-12(9-14)5-7-13(8-6-12)11(15)10(2)3/h10,14H,4-9H2,1-3H3. The normalized spacial score (nSPS) is 20.7. The van der Waals surface area contributed by atoms with E-state index >= 15 is 0 Å². The second-order valence-electron chi connectivity index (χ2n) is 4.99. The van der Waals surface area contributed by atoms with Gasteiger partial charge in [0.2, 0.25) is 5.91 Å². The minimum Gasteiger partial charge on any atom is -0.396 e. The second kappa shape index (κ2) is 4.97. The Morgan fingerprint density at radius 2 is 1.93 bits per heavy atom. The molecule has 0 spiro atoms. The van der Waals surface area contributed by atoms with E-state index in [9.17, 15) is 9.90 Å². The molecule has 0 bridgehead atoms. The number of hydrogen-bond acceptors (Lipinski definition) is 2. The number of nitrogens with zero attached hydrogens (tertiary/aromatic N) is 1. The molecule has 0 aromatic rings. The summed E-state index contributed by atoms with van der Waals surface area (Å²) in [5, 5.41) is 9.37. The SMILES string of the molecule is CCC1(CO)CCN(C(=O)C(C)C)CC1. The van der Waals surface area contributed by atoms with Gasteiger partial charge in [-0.3, -0.25) is 4.79 Å². The number of hydrogen-bond donors (Lipinski definition) is 1. The Kier molecular flexibility index (Phi) is 4.14. The predicted molar refractivity (Wildman–Crippen MR) is 60.5 cm³/mol. The molecule has 0 atom stereocenters. The summed E-state index contributed by atoms with van der Waals surface area (Å²) in [6, 6.07) is 0. The highest BCUT2D eigenvalue weighted by atomic mass is 16.3. The van der Waals surface area contributed by atoms with Gasteiger partial charge < -0.3 is 10.0 Å². The molecule has 1 saturated heterocycles. The first-order valence-corrected chi connectivity index (χ1v) is 5.94. The summed E-state index contributed by atoms with van der Waals surface area (Å²) in [4.78, 5) is 13.7. The van der Waals surface area contributed by atoms with E-state index in [0.717, 1.165) is 32.4 Å². The van der Waals surface area contributed by atoms with E-state index in [-0.39, 0.29) is 23.8 Å². The third kappa shape index (κ3) is 2.71. The first-order chi connectivity index (χ1) is 7.04. The second-order valence-corrected chi connectivity index (χ2v) is 4.99. The monoisotopic (exact) mass is 213 g/mol. The van der Waals surface area contributed by atoms with Crippen LogP contribution in [0, 0.1) is 11.3 Å². The zero-order valence-electron chi connectivity index (χ0n) is 10.1. The summed E-state index contributed by atoms with van der Waals surface area (Å²) in [6.45, 7) is 7.88. The van der Waals surface area contributed by atoms with Gasteiger partial charge in [-0.2, -0.15) is 0 Å². The maximum atomic E-state index is 11.7. The van der Waals surface area contributed by atoms with Crippen molar-refractivity contribution in [2.45, 2.75) is 40.0 Å². The molecule has 1 amide bonds. The number of piperidine rings is 1. The average molecular weight is 213 g/mol. The fourth-order valence-corrected chi connectivity index (χ4v) is 2.19. The molecular formula is C12H23NO2. The van der Waals surface area contributed by atoms with Crippen molar-refractivity contribution < 1.29 is 9.90 Å². The van der Waals surface area contributed by atoms with Crippen LogP contribution < -0.4 is 0 Å². The smallest absolute Gasteiger partial charge is 0.225 e. The highest BCUT2D eigenvalue weighted by molar-refractivity contribution is 5.78. The molecule has 3 nitrogen and oxygen atoms in total. The van der Waals surface area contributed by atoms with Gasteiger partial charge in [-0.05, 0) is 24.7 Å². The Balaban J connectivity index is 2.52. The molecule has 1 rings (SSSR count). The summed E-state index contributed by atoms with van der Waals surface area (Å²) in [6.07, 6.45) is 2.89. The van der Waals surface area contributed by atoms with Gasteiger partial charge >= 0.3 is 0 Å². The Hall–Kier alpha value is -0.570. The molecule has 88 valence electrons. The molecule has 15 heavy (non-hydrogen) atoms. The van der Waals surface area contributed by atoms with Gasteiger partial charge in [-0.1, -0.05) is 20.8 Å². The molecular weight excluding hydrogens is 190 g/mol. The molecule has 1 N–H and O–H groups in total. The molecule has 1 fully saturated rings. The highest BCUT2D eigenvalue weighted by Gasteiger charge is 2.34.